The normalized spacial score (nSPS) is 19.2. The van der Waals surface area contributed by atoms with Crippen molar-refractivity contribution in [2.75, 3.05) is 5.75 Å². The van der Waals surface area contributed by atoms with Crippen LogP contribution in [0, 0.1) is 0 Å². The van der Waals surface area contributed by atoms with Crippen LogP contribution in [0.4, 0.5) is 0 Å². The molecule has 2 saturated carbocycles. The Bertz CT molecular complexity index is 966. The highest BCUT2D eigenvalue weighted by Gasteiger charge is 2.32. The first-order valence-corrected chi connectivity index (χ1v) is 12.1. The molecular formula is C22H29N5OS. The van der Waals surface area contributed by atoms with Gasteiger partial charge in [-0.2, -0.15) is 0 Å². The Hall–Kier alpha value is -2.02. The maximum atomic E-state index is 13.4. The van der Waals surface area contributed by atoms with Crippen LogP contribution in [0.15, 0.2) is 29.4 Å². The van der Waals surface area contributed by atoms with Crippen LogP contribution in [0.25, 0.3) is 16.8 Å². The minimum absolute atomic E-state index is 0.286. The van der Waals surface area contributed by atoms with Gasteiger partial charge in [0.15, 0.2) is 5.16 Å². The number of nitrogens with one attached hydrogen (secondary N) is 1. The second-order valence-corrected chi connectivity index (χ2v) is 9.38. The predicted octanol–water partition coefficient (Wildman–Crippen LogP) is 4.80. The van der Waals surface area contributed by atoms with Gasteiger partial charge in [-0.15, -0.1) is 5.10 Å². The third-order valence-electron chi connectivity index (χ3n) is 6.55. The molecule has 2 heterocycles. The molecule has 6 nitrogen and oxygen atoms in total. The third-order valence-corrected chi connectivity index (χ3v) is 7.48. The molecule has 0 radical (unpaired) electrons. The number of hydrogen-bond donors (Lipinski definition) is 1. The van der Waals surface area contributed by atoms with Crippen LogP contribution < -0.4 is 0 Å². The molecule has 3 aromatic rings. The highest BCUT2D eigenvalue weighted by atomic mass is 32.2. The van der Waals surface area contributed by atoms with E-state index in [4.69, 9.17) is 0 Å². The smallest absolute Gasteiger partial charge is 0.233 e. The number of nitrogens with zero attached hydrogens (tertiary/aromatic N) is 4. The van der Waals surface area contributed by atoms with E-state index in [0.717, 1.165) is 22.0 Å². The molecule has 0 atom stereocenters. The fourth-order valence-corrected chi connectivity index (χ4v) is 5.99. The Morgan fingerprint density at radius 2 is 1.69 bits per heavy atom. The SMILES string of the molecule is O=C(CSc1n[nH]c2nc3ccccc3n12)N(C1CCCCC1)C1CCCCC1. The number of H-pyrrole nitrogens is 1. The molecule has 1 amide bonds. The van der Waals surface area contributed by atoms with Crippen molar-refractivity contribution in [1.82, 2.24) is 24.5 Å². The van der Waals surface area contributed by atoms with Gasteiger partial charge in [0.2, 0.25) is 11.7 Å². The van der Waals surface area contributed by atoms with Crippen LogP contribution in [-0.4, -0.2) is 48.2 Å². The molecule has 0 saturated heterocycles. The summed E-state index contributed by atoms with van der Waals surface area (Å²) in [5.74, 6) is 1.46. The van der Waals surface area contributed by atoms with E-state index in [9.17, 15) is 4.79 Å². The van der Waals surface area contributed by atoms with E-state index in [0.29, 0.717) is 17.8 Å². The van der Waals surface area contributed by atoms with Crippen molar-refractivity contribution in [1.29, 1.82) is 0 Å². The molecule has 7 heteroatoms. The third kappa shape index (κ3) is 3.77. The lowest BCUT2D eigenvalue weighted by Gasteiger charge is -2.41. The maximum absolute atomic E-state index is 13.4. The fraction of sp³-hybridized carbons (Fsp3) is 0.591. The second kappa shape index (κ2) is 8.38. The standard InChI is InChI=1S/C22H29N5OS/c28-20(26(16-9-3-1-4-10-16)17-11-5-2-6-12-17)15-29-22-25-24-21-23-18-13-7-8-14-19(18)27(21)22/h7-8,13-14,16-17H,1-6,9-12,15H2,(H,23,24). The van der Waals surface area contributed by atoms with Gasteiger partial charge in [-0.3, -0.25) is 9.20 Å². The Labute approximate surface area is 175 Å². The van der Waals surface area contributed by atoms with Crippen LogP contribution in [0.1, 0.15) is 64.2 Å². The molecule has 2 aromatic heterocycles. The van der Waals surface area contributed by atoms with Crippen LogP contribution in [-0.2, 0) is 4.79 Å². The summed E-state index contributed by atoms with van der Waals surface area (Å²) in [5, 5.41) is 8.26. The lowest BCUT2D eigenvalue weighted by Crippen LogP contribution is -2.49. The number of carbonyl (C=O) groups excluding carboxylic acids is 1. The molecule has 0 unspecified atom stereocenters. The molecule has 1 aromatic carbocycles. The number of benzene rings is 1. The Kier molecular flexibility index (Phi) is 5.48. The molecule has 5 rings (SSSR count). The quantitative estimate of drug-likeness (QED) is 0.613. The van der Waals surface area contributed by atoms with Crippen LogP contribution in [0.5, 0.6) is 0 Å². The van der Waals surface area contributed by atoms with Gasteiger partial charge >= 0.3 is 0 Å². The minimum Gasteiger partial charge on any atom is -0.336 e. The van der Waals surface area contributed by atoms with Gasteiger partial charge < -0.3 is 4.90 Å². The number of thioether (sulfide) groups is 1. The molecule has 2 aliphatic rings. The van der Waals surface area contributed by atoms with Crippen molar-refractivity contribution >= 4 is 34.5 Å². The molecule has 0 spiro atoms. The first kappa shape index (κ1) is 19.0. The lowest BCUT2D eigenvalue weighted by atomic mass is 9.88. The Morgan fingerprint density at radius 3 is 2.38 bits per heavy atom. The molecular weight excluding hydrogens is 382 g/mol. The number of carbonyl (C=O) groups is 1. The van der Waals surface area contributed by atoms with E-state index in [-0.39, 0.29) is 5.91 Å². The molecule has 2 fully saturated rings. The summed E-state index contributed by atoms with van der Waals surface area (Å²) in [6.45, 7) is 0. The van der Waals surface area contributed by atoms with Crippen molar-refractivity contribution in [3.63, 3.8) is 0 Å². The first-order valence-electron chi connectivity index (χ1n) is 11.1. The maximum Gasteiger partial charge on any atom is 0.233 e. The van der Waals surface area contributed by atoms with Gasteiger partial charge in [0, 0.05) is 12.1 Å². The van der Waals surface area contributed by atoms with Gasteiger partial charge in [-0.1, -0.05) is 62.4 Å². The molecule has 0 aliphatic heterocycles. The number of rotatable bonds is 5. The fourth-order valence-electron chi connectivity index (χ4n) is 5.16. The van der Waals surface area contributed by atoms with Gasteiger partial charge in [0.1, 0.15) is 0 Å². The topological polar surface area (TPSA) is 66.3 Å². The van der Waals surface area contributed by atoms with E-state index >= 15 is 0 Å². The zero-order valence-electron chi connectivity index (χ0n) is 16.8. The predicted molar refractivity (Wildman–Crippen MR) is 116 cm³/mol. The number of hydrogen-bond acceptors (Lipinski definition) is 4. The van der Waals surface area contributed by atoms with Crippen LogP contribution in [0.3, 0.4) is 0 Å². The second-order valence-electron chi connectivity index (χ2n) is 8.44. The molecule has 154 valence electrons. The zero-order valence-corrected chi connectivity index (χ0v) is 17.7. The van der Waals surface area contributed by atoms with E-state index in [1.165, 1.54) is 76.0 Å². The number of amides is 1. The van der Waals surface area contributed by atoms with E-state index in [1.54, 1.807) is 0 Å². The van der Waals surface area contributed by atoms with Crippen molar-refractivity contribution in [2.24, 2.45) is 0 Å². The van der Waals surface area contributed by atoms with Crippen molar-refractivity contribution in [2.45, 2.75) is 81.4 Å². The van der Waals surface area contributed by atoms with Crippen molar-refractivity contribution < 1.29 is 4.79 Å². The van der Waals surface area contributed by atoms with Gasteiger partial charge in [-0.05, 0) is 37.8 Å². The van der Waals surface area contributed by atoms with Crippen LogP contribution in [0.2, 0.25) is 0 Å². The summed E-state index contributed by atoms with van der Waals surface area (Å²) in [4.78, 5) is 20.3. The average Bonchev–Trinajstić information content (AvgIpc) is 3.33. The number of para-hydroxylation sites is 2. The van der Waals surface area contributed by atoms with Crippen molar-refractivity contribution in [3.8, 4) is 0 Å². The highest BCUT2D eigenvalue weighted by Crippen LogP contribution is 2.31. The lowest BCUT2D eigenvalue weighted by molar-refractivity contribution is -0.135. The summed E-state index contributed by atoms with van der Waals surface area (Å²) >= 11 is 1.53. The Balaban J connectivity index is 1.35. The highest BCUT2D eigenvalue weighted by molar-refractivity contribution is 7.99. The summed E-state index contributed by atoms with van der Waals surface area (Å²) in [7, 11) is 0. The average molecular weight is 412 g/mol. The van der Waals surface area contributed by atoms with Crippen molar-refractivity contribution in [3.05, 3.63) is 24.3 Å². The summed E-state index contributed by atoms with van der Waals surface area (Å²) < 4.78 is 2.03. The zero-order chi connectivity index (χ0) is 19.6. The number of aromatic amines is 1. The monoisotopic (exact) mass is 411 g/mol. The van der Waals surface area contributed by atoms with Gasteiger partial charge in [0.05, 0.1) is 16.8 Å². The number of aromatic nitrogens is 4. The van der Waals surface area contributed by atoms with Gasteiger partial charge in [0.25, 0.3) is 0 Å². The first-order chi connectivity index (χ1) is 14.3. The molecule has 0 bridgehead atoms. The van der Waals surface area contributed by atoms with Gasteiger partial charge in [-0.25, -0.2) is 10.1 Å². The molecule has 29 heavy (non-hydrogen) atoms. The Morgan fingerprint density at radius 1 is 1.03 bits per heavy atom. The van der Waals surface area contributed by atoms with E-state index in [1.807, 2.05) is 28.7 Å². The van der Waals surface area contributed by atoms with Crippen LogP contribution >= 0.6 is 11.8 Å². The van der Waals surface area contributed by atoms with E-state index in [2.05, 4.69) is 20.1 Å². The summed E-state index contributed by atoms with van der Waals surface area (Å²) in [5.41, 5.74) is 1.97. The number of imidazole rings is 1. The van der Waals surface area contributed by atoms with E-state index < -0.39 is 0 Å². The summed E-state index contributed by atoms with van der Waals surface area (Å²) in [6.07, 6.45) is 12.4. The molecule has 2 aliphatic carbocycles. The number of fused-ring (bicyclic) bond motifs is 3. The molecule has 1 N–H and O–H groups in total. The summed E-state index contributed by atoms with van der Waals surface area (Å²) in [6, 6.07) is 8.93. The minimum atomic E-state index is 0.286. The largest absolute Gasteiger partial charge is 0.336 e.